The molecule has 0 aromatic carbocycles. The van der Waals surface area contributed by atoms with Gasteiger partial charge in [-0.1, -0.05) is 13.8 Å². The molecule has 0 heterocycles. The highest BCUT2D eigenvalue weighted by atomic mass is 16.4. The minimum absolute atomic E-state index is 0.138. The summed E-state index contributed by atoms with van der Waals surface area (Å²) in [4.78, 5) is 22.3. The molecule has 2 unspecified atom stereocenters. The van der Waals surface area contributed by atoms with E-state index in [-0.39, 0.29) is 10.9 Å². The maximum absolute atomic E-state index is 11.5. The predicted octanol–water partition coefficient (Wildman–Crippen LogP) is 0.499. The molecule has 0 aliphatic heterocycles. The summed E-state index contributed by atoms with van der Waals surface area (Å²) in [6, 6.07) is 0. The highest BCUT2D eigenvalue weighted by Gasteiger charge is 2.55. The molecule has 0 rings (SSSR count). The molecular formula is C11H22NO5+. The van der Waals surface area contributed by atoms with Crippen LogP contribution in [0.15, 0.2) is 0 Å². The first-order valence-corrected chi connectivity index (χ1v) is 5.62. The Hall–Kier alpha value is -1.14. The fraction of sp³-hybridized carbons (Fsp3) is 0.818. The minimum Gasteiger partial charge on any atom is -0.481 e. The van der Waals surface area contributed by atoms with E-state index in [4.69, 9.17) is 5.11 Å². The van der Waals surface area contributed by atoms with Gasteiger partial charge in [0.25, 0.3) is 0 Å². The maximum Gasteiger partial charge on any atom is 0.366 e. The average Bonchev–Trinajstić information content (AvgIpc) is 2.23. The molecule has 0 amide bonds. The van der Waals surface area contributed by atoms with E-state index in [0.29, 0.717) is 6.42 Å². The molecule has 2 atom stereocenters. The minimum atomic E-state index is -1.51. The van der Waals surface area contributed by atoms with Gasteiger partial charge in [0.2, 0.25) is 5.54 Å². The van der Waals surface area contributed by atoms with Crippen LogP contribution in [-0.2, 0) is 9.59 Å². The van der Waals surface area contributed by atoms with Crippen molar-refractivity contribution in [3.05, 3.63) is 0 Å². The van der Waals surface area contributed by atoms with Crippen molar-refractivity contribution in [3.8, 4) is 0 Å². The molecule has 0 radical (unpaired) electrons. The van der Waals surface area contributed by atoms with E-state index < -0.39 is 30.1 Å². The number of nitrogens with zero attached hydrogens (tertiary/aromatic N) is 1. The molecule has 0 spiro atoms. The van der Waals surface area contributed by atoms with Crippen molar-refractivity contribution >= 4 is 11.9 Å². The van der Waals surface area contributed by atoms with Crippen LogP contribution < -0.4 is 0 Å². The molecule has 17 heavy (non-hydrogen) atoms. The summed E-state index contributed by atoms with van der Waals surface area (Å²) in [6.07, 6.45) is -0.922. The van der Waals surface area contributed by atoms with Crippen LogP contribution in [0.3, 0.4) is 0 Å². The van der Waals surface area contributed by atoms with Gasteiger partial charge in [-0.2, -0.15) is 0 Å². The summed E-state index contributed by atoms with van der Waals surface area (Å²) in [5, 5.41) is 28.2. The van der Waals surface area contributed by atoms with Crippen LogP contribution in [0, 0.1) is 0 Å². The second kappa shape index (κ2) is 5.46. The summed E-state index contributed by atoms with van der Waals surface area (Å²) in [7, 11) is 3.10. The van der Waals surface area contributed by atoms with Crippen LogP contribution in [0.2, 0.25) is 0 Å². The van der Waals surface area contributed by atoms with Crippen LogP contribution >= 0.6 is 0 Å². The molecule has 0 aromatic rings. The molecule has 6 nitrogen and oxygen atoms in total. The van der Waals surface area contributed by atoms with Gasteiger partial charge in [0.15, 0.2) is 6.23 Å². The fourth-order valence-electron chi connectivity index (χ4n) is 2.20. The van der Waals surface area contributed by atoms with Gasteiger partial charge in [-0.05, 0) is 0 Å². The number of aliphatic hydroxyl groups is 1. The van der Waals surface area contributed by atoms with Gasteiger partial charge in [0.1, 0.15) is 6.42 Å². The van der Waals surface area contributed by atoms with Gasteiger partial charge >= 0.3 is 11.9 Å². The van der Waals surface area contributed by atoms with E-state index in [2.05, 4.69) is 0 Å². The third kappa shape index (κ3) is 2.76. The first-order valence-electron chi connectivity index (χ1n) is 5.62. The molecular weight excluding hydrogens is 226 g/mol. The van der Waals surface area contributed by atoms with Crippen molar-refractivity contribution in [3.63, 3.8) is 0 Å². The molecule has 0 aromatic heterocycles. The number of carboxylic acids is 2. The highest BCUT2D eigenvalue weighted by molar-refractivity contribution is 5.83. The van der Waals surface area contributed by atoms with Crippen molar-refractivity contribution in [2.24, 2.45) is 0 Å². The molecule has 0 saturated carbocycles. The predicted molar refractivity (Wildman–Crippen MR) is 61.3 cm³/mol. The second-order valence-electron chi connectivity index (χ2n) is 4.69. The van der Waals surface area contributed by atoms with E-state index in [1.54, 1.807) is 27.9 Å². The van der Waals surface area contributed by atoms with Gasteiger partial charge in [-0.15, -0.1) is 0 Å². The molecule has 0 aliphatic carbocycles. The lowest BCUT2D eigenvalue weighted by Gasteiger charge is -2.47. The first-order chi connectivity index (χ1) is 7.65. The number of carboxylic acid groups (broad SMARTS) is 2. The Balaban J connectivity index is 5.58. The van der Waals surface area contributed by atoms with Crippen molar-refractivity contribution in [1.82, 2.24) is 0 Å². The summed E-state index contributed by atoms with van der Waals surface area (Å²) in [5.74, 6) is -2.37. The quantitative estimate of drug-likeness (QED) is 0.450. The van der Waals surface area contributed by atoms with Crippen LogP contribution in [0.25, 0.3) is 0 Å². The average molecular weight is 248 g/mol. The van der Waals surface area contributed by atoms with Crippen LogP contribution in [0.5, 0.6) is 0 Å². The highest BCUT2D eigenvalue weighted by Crippen LogP contribution is 2.32. The number of likely N-dealkylation sites (N-methyl/N-ethyl adjacent to an activating group) is 1. The summed E-state index contributed by atoms with van der Waals surface area (Å²) < 4.78 is -0.262. The van der Waals surface area contributed by atoms with E-state index in [9.17, 15) is 19.8 Å². The zero-order valence-corrected chi connectivity index (χ0v) is 10.8. The third-order valence-corrected chi connectivity index (χ3v) is 3.64. The van der Waals surface area contributed by atoms with E-state index >= 15 is 0 Å². The summed E-state index contributed by atoms with van der Waals surface area (Å²) in [5.41, 5.74) is -1.51. The standard InChI is InChI=1S/C11H21NO5/c1-5-8(13)12(3,4)11(6-2,10(16)17)7-9(14)15/h8,13H,5-7H2,1-4H3,(H-,14,15,16,17)/p+1. The normalized spacial score (nSPS) is 17.2. The lowest BCUT2D eigenvalue weighted by atomic mass is 9.87. The Morgan fingerprint density at radius 2 is 1.71 bits per heavy atom. The molecule has 3 N–H and O–H groups in total. The molecule has 0 bridgehead atoms. The summed E-state index contributed by atoms with van der Waals surface area (Å²) in [6.45, 7) is 3.35. The Labute approximate surface area is 101 Å². The summed E-state index contributed by atoms with van der Waals surface area (Å²) >= 11 is 0. The van der Waals surface area contributed by atoms with Crippen molar-refractivity contribution in [2.75, 3.05) is 14.1 Å². The maximum atomic E-state index is 11.5. The van der Waals surface area contributed by atoms with Crippen molar-refractivity contribution in [2.45, 2.75) is 44.9 Å². The fourth-order valence-corrected chi connectivity index (χ4v) is 2.20. The number of aliphatic hydroxyl groups excluding tert-OH is 1. The largest absolute Gasteiger partial charge is 0.481 e. The SMILES string of the molecule is CCC(O)[N+](C)(C)C(CC)(CC(=O)O)C(=O)O. The number of quaternary nitrogens is 1. The molecule has 0 saturated heterocycles. The Morgan fingerprint density at radius 1 is 1.24 bits per heavy atom. The molecule has 100 valence electrons. The lowest BCUT2D eigenvalue weighted by Crippen LogP contribution is -2.68. The number of hydrogen-bond acceptors (Lipinski definition) is 3. The second-order valence-corrected chi connectivity index (χ2v) is 4.69. The lowest BCUT2D eigenvalue weighted by molar-refractivity contribution is -0.974. The van der Waals surface area contributed by atoms with E-state index in [1.807, 2.05) is 0 Å². The molecule has 0 aliphatic rings. The van der Waals surface area contributed by atoms with E-state index in [1.165, 1.54) is 0 Å². The van der Waals surface area contributed by atoms with Crippen LogP contribution in [-0.4, -0.2) is 57.6 Å². The van der Waals surface area contributed by atoms with Crippen LogP contribution in [0.1, 0.15) is 33.1 Å². The van der Waals surface area contributed by atoms with Crippen molar-refractivity contribution in [1.29, 1.82) is 0 Å². The smallest absolute Gasteiger partial charge is 0.366 e. The zero-order valence-electron chi connectivity index (χ0n) is 10.8. The van der Waals surface area contributed by atoms with Gasteiger partial charge < -0.3 is 15.3 Å². The Kier molecular flexibility index (Phi) is 5.10. The van der Waals surface area contributed by atoms with Crippen LogP contribution in [0.4, 0.5) is 0 Å². The first kappa shape index (κ1) is 15.9. The van der Waals surface area contributed by atoms with Gasteiger partial charge in [0, 0.05) is 12.8 Å². The van der Waals surface area contributed by atoms with Gasteiger partial charge in [-0.3, -0.25) is 9.28 Å². The van der Waals surface area contributed by atoms with E-state index in [0.717, 1.165) is 0 Å². The monoisotopic (exact) mass is 248 g/mol. The number of rotatable bonds is 7. The van der Waals surface area contributed by atoms with Gasteiger partial charge in [-0.25, -0.2) is 4.79 Å². The third-order valence-electron chi connectivity index (χ3n) is 3.64. The number of carbonyl (C=O) groups is 2. The molecule has 0 fully saturated rings. The topological polar surface area (TPSA) is 94.8 Å². The molecule has 6 heteroatoms. The number of aliphatic carboxylic acids is 2. The Morgan fingerprint density at radius 3 is 1.94 bits per heavy atom. The number of hydrogen-bond donors (Lipinski definition) is 3. The zero-order chi connectivity index (χ0) is 13.9. The van der Waals surface area contributed by atoms with Crippen molar-refractivity contribution < 1.29 is 29.4 Å². The van der Waals surface area contributed by atoms with Gasteiger partial charge in [0.05, 0.1) is 14.1 Å². The Bertz CT molecular complexity index is 302.